The van der Waals surface area contributed by atoms with E-state index in [1.54, 1.807) is 30.3 Å². The van der Waals surface area contributed by atoms with E-state index >= 15 is 0 Å². The first-order valence-corrected chi connectivity index (χ1v) is 8.45. The third-order valence-electron chi connectivity index (χ3n) is 4.49. The second-order valence-corrected chi connectivity index (χ2v) is 6.29. The number of fused-ring (bicyclic) bond motifs is 1. The van der Waals surface area contributed by atoms with Crippen LogP contribution in [0.15, 0.2) is 41.5 Å². The largest absolute Gasteiger partial charge is 0.394 e. The fraction of sp³-hybridized carbons (Fsp3) is 0.294. The number of nitrogens with one attached hydrogen (secondary N) is 2. The number of aliphatic hydroxyl groups is 3. The number of anilines is 1. The van der Waals surface area contributed by atoms with Crippen molar-refractivity contribution in [3.8, 4) is 0 Å². The summed E-state index contributed by atoms with van der Waals surface area (Å²) in [5, 5.41) is 31.9. The van der Waals surface area contributed by atoms with Crippen LogP contribution in [-0.4, -0.2) is 65.7 Å². The van der Waals surface area contributed by atoms with Gasteiger partial charge in [-0.05, 0) is 12.1 Å². The number of hydrogen-bond donors (Lipinski definition) is 5. The molecule has 0 spiro atoms. The summed E-state index contributed by atoms with van der Waals surface area (Å²) >= 11 is 0. The van der Waals surface area contributed by atoms with E-state index in [4.69, 9.17) is 4.74 Å². The fourth-order valence-electron chi connectivity index (χ4n) is 3.05. The lowest BCUT2D eigenvalue weighted by molar-refractivity contribution is -0.0511. The Hall–Kier alpha value is -3.12. The van der Waals surface area contributed by atoms with Crippen LogP contribution in [-0.2, 0) is 4.74 Å². The topological polar surface area (TPSA) is 163 Å². The van der Waals surface area contributed by atoms with Crippen molar-refractivity contribution < 1.29 is 24.9 Å². The number of amides is 1. The molecule has 2 aromatic heterocycles. The zero-order valence-electron chi connectivity index (χ0n) is 14.4. The predicted molar refractivity (Wildman–Crippen MR) is 95.6 cm³/mol. The van der Waals surface area contributed by atoms with Crippen molar-refractivity contribution in [1.82, 2.24) is 19.5 Å². The number of carbonyl (C=O) groups is 1. The van der Waals surface area contributed by atoms with Gasteiger partial charge in [0.2, 0.25) is 5.95 Å². The average molecular weight is 387 g/mol. The highest BCUT2D eigenvalue weighted by atomic mass is 16.6. The van der Waals surface area contributed by atoms with Crippen molar-refractivity contribution in [2.45, 2.75) is 24.5 Å². The second kappa shape index (κ2) is 7.13. The van der Waals surface area contributed by atoms with Gasteiger partial charge in [0.05, 0.1) is 12.9 Å². The average Bonchev–Trinajstić information content (AvgIpc) is 3.24. The van der Waals surface area contributed by atoms with Crippen LogP contribution in [0.1, 0.15) is 16.6 Å². The number of rotatable bonds is 4. The lowest BCUT2D eigenvalue weighted by atomic mass is 10.1. The van der Waals surface area contributed by atoms with Crippen molar-refractivity contribution in [2.75, 3.05) is 11.9 Å². The molecule has 1 amide bonds. The summed E-state index contributed by atoms with van der Waals surface area (Å²) in [7, 11) is 0. The first-order valence-electron chi connectivity index (χ1n) is 8.45. The van der Waals surface area contributed by atoms with Crippen LogP contribution in [0.4, 0.5) is 5.95 Å². The molecule has 4 atom stereocenters. The molecule has 11 nitrogen and oxygen atoms in total. The molecule has 1 aromatic carbocycles. The Morgan fingerprint density at radius 2 is 2.00 bits per heavy atom. The predicted octanol–water partition coefficient (Wildman–Crippen LogP) is -1.02. The SMILES string of the molecule is O=C(Nc1nc2c(ncn2[C@H]2O[C@@H](CO)[C@@H](O)C2O)c(=O)[nH]1)c1ccccc1. The quantitative estimate of drug-likeness (QED) is 0.380. The maximum absolute atomic E-state index is 12.3. The fourth-order valence-corrected chi connectivity index (χ4v) is 3.05. The molecule has 1 aliphatic heterocycles. The van der Waals surface area contributed by atoms with Crippen molar-refractivity contribution in [2.24, 2.45) is 0 Å². The van der Waals surface area contributed by atoms with Gasteiger partial charge in [0, 0.05) is 5.56 Å². The van der Waals surface area contributed by atoms with Crippen LogP contribution < -0.4 is 10.9 Å². The standard InChI is InChI=1S/C17H17N5O6/c23-6-9-11(24)12(25)16(28-9)22-7-18-10-13(22)19-17(21-15(10)27)20-14(26)8-4-2-1-3-5-8/h1-5,7,9,11-12,16,23-25H,6H2,(H2,19,20,21,26,27)/t9-,11+,12?,16-/m0/s1. The Bertz CT molecular complexity index is 1060. The third kappa shape index (κ3) is 3.05. The van der Waals surface area contributed by atoms with E-state index in [1.165, 1.54) is 10.9 Å². The molecule has 1 fully saturated rings. The van der Waals surface area contributed by atoms with Crippen molar-refractivity contribution in [3.63, 3.8) is 0 Å². The van der Waals surface area contributed by atoms with E-state index in [9.17, 15) is 24.9 Å². The molecule has 3 heterocycles. The van der Waals surface area contributed by atoms with Crippen LogP contribution in [0.5, 0.6) is 0 Å². The lowest BCUT2D eigenvalue weighted by Crippen LogP contribution is -2.33. The van der Waals surface area contributed by atoms with E-state index < -0.39 is 42.6 Å². The smallest absolute Gasteiger partial charge is 0.280 e. The van der Waals surface area contributed by atoms with E-state index in [-0.39, 0.29) is 17.1 Å². The van der Waals surface area contributed by atoms with Crippen LogP contribution >= 0.6 is 0 Å². The summed E-state index contributed by atoms with van der Waals surface area (Å²) in [4.78, 5) is 35.2. The van der Waals surface area contributed by atoms with Gasteiger partial charge in [-0.3, -0.25) is 24.5 Å². The van der Waals surface area contributed by atoms with Gasteiger partial charge in [0.1, 0.15) is 18.3 Å². The second-order valence-electron chi connectivity index (χ2n) is 6.29. The molecular weight excluding hydrogens is 370 g/mol. The first-order chi connectivity index (χ1) is 13.5. The molecule has 1 aliphatic rings. The van der Waals surface area contributed by atoms with Gasteiger partial charge in [-0.25, -0.2) is 4.98 Å². The number of hydrogen-bond acceptors (Lipinski definition) is 8. The number of nitrogens with zero attached hydrogens (tertiary/aromatic N) is 3. The van der Waals surface area contributed by atoms with Crippen molar-refractivity contribution >= 4 is 23.0 Å². The number of imidazole rings is 1. The number of aromatic nitrogens is 4. The Morgan fingerprint density at radius 1 is 1.25 bits per heavy atom. The zero-order chi connectivity index (χ0) is 19.8. The molecule has 28 heavy (non-hydrogen) atoms. The van der Waals surface area contributed by atoms with Gasteiger partial charge in [-0.2, -0.15) is 4.98 Å². The molecule has 1 unspecified atom stereocenters. The van der Waals surface area contributed by atoms with E-state index in [2.05, 4.69) is 20.3 Å². The number of benzene rings is 1. The summed E-state index contributed by atoms with van der Waals surface area (Å²) in [5.41, 5.74) is -0.210. The van der Waals surface area contributed by atoms with Crippen LogP contribution in [0, 0.1) is 0 Å². The van der Waals surface area contributed by atoms with Crippen molar-refractivity contribution in [1.29, 1.82) is 0 Å². The molecule has 0 saturated carbocycles. The van der Waals surface area contributed by atoms with Crippen LogP contribution in [0.2, 0.25) is 0 Å². The molecule has 5 N–H and O–H groups in total. The molecule has 11 heteroatoms. The Kier molecular flexibility index (Phi) is 4.65. The zero-order valence-corrected chi connectivity index (χ0v) is 14.4. The highest BCUT2D eigenvalue weighted by Crippen LogP contribution is 2.30. The van der Waals surface area contributed by atoms with Gasteiger partial charge < -0.3 is 20.1 Å². The minimum absolute atomic E-state index is 0.0320. The maximum atomic E-state index is 12.3. The van der Waals surface area contributed by atoms with Gasteiger partial charge in [-0.15, -0.1) is 0 Å². The molecule has 0 aliphatic carbocycles. The number of carbonyl (C=O) groups excluding carboxylic acids is 1. The minimum atomic E-state index is -1.36. The molecule has 0 bridgehead atoms. The highest BCUT2D eigenvalue weighted by Gasteiger charge is 2.44. The summed E-state index contributed by atoms with van der Waals surface area (Å²) in [6.07, 6.45) is -3.54. The van der Waals surface area contributed by atoms with E-state index in [0.717, 1.165) is 0 Å². The molecular formula is C17H17N5O6. The van der Waals surface area contributed by atoms with Gasteiger partial charge in [0.25, 0.3) is 11.5 Å². The van der Waals surface area contributed by atoms with Crippen LogP contribution in [0.25, 0.3) is 11.2 Å². The van der Waals surface area contributed by atoms with E-state index in [0.29, 0.717) is 5.56 Å². The Balaban J connectivity index is 1.69. The van der Waals surface area contributed by atoms with Gasteiger partial charge in [0.15, 0.2) is 17.4 Å². The highest BCUT2D eigenvalue weighted by molar-refractivity contribution is 6.03. The summed E-state index contributed by atoms with van der Waals surface area (Å²) in [6, 6.07) is 8.38. The lowest BCUT2D eigenvalue weighted by Gasteiger charge is -2.16. The number of aromatic amines is 1. The monoisotopic (exact) mass is 387 g/mol. The molecule has 1 saturated heterocycles. The van der Waals surface area contributed by atoms with Gasteiger partial charge >= 0.3 is 0 Å². The normalized spacial score (nSPS) is 24.5. The number of ether oxygens (including phenoxy) is 1. The maximum Gasteiger partial charge on any atom is 0.280 e. The Morgan fingerprint density at radius 3 is 2.68 bits per heavy atom. The Labute approximate surface area is 157 Å². The van der Waals surface area contributed by atoms with Gasteiger partial charge in [-0.1, -0.05) is 18.2 Å². The molecule has 3 aromatic rings. The van der Waals surface area contributed by atoms with Crippen molar-refractivity contribution in [3.05, 3.63) is 52.6 Å². The summed E-state index contributed by atoms with van der Waals surface area (Å²) < 4.78 is 6.72. The van der Waals surface area contributed by atoms with E-state index in [1.807, 2.05) is 0 Å². The first kappa shape index (κ1) is 18.3. The molecule has 146 valence electrons. The number of H-pyrrole nitrogens is 1. The summed E-state index contributed by atoms with van der Waals surface area (Å²) in [5.74, 6) is -0.582. The number of aliphatic hydroxyl groups excluding tert-OH is 3. The third-order valence-corrected chi connectivity index (χ3v) is 4.49. The molecule has 0 radical (unpaired) electrons. The van der Waals surface area contributed by atoms with Crippen LogP contribution in [0.3, 0.4) is 0 Å². The minimum Gasteiger partial charge on any atom is -0.394 e. The summed E-state index contributed by atoms with van der Waals surface area (Å²) in [6.45, 7) is -0.492. The molecule has 4 rings (SSSR count).